The number of aromatic nitrogens is 4. The largest absolute Gasteiger partial charge is 0.365 e. The van der Waals surface area contributed by atoms with Crippen LogP contribution in [0.15, 0.2) is 24.7 Å². The molecule has 0 aromatic carbocycles. The highest BCUT2D eigenvalue weighted by Crippen LogP contribution is 2.29. The van der Waals surface area contributed by atoms with Crippen molar-refractivity contribution in [2.45, 2.75) is 26.4 Å². The minimum Gasteiger partial charge on any atom is -0.365 e. The van der Waals surface area contributed by atoms with Gasteiger partial charge in [-0.05, 0) is 26.8 Å². The highest BCUT2D eigenvalue weighted by atomic mass is 16.5. The predicted molar refractivity (Wildman–Crippen MR) is 79.1 cm³/mol. The summed E-state index contributed by atoms with van der Waals surface area (Å²) in [5.74, 6) is 1.69. The summed E-state index contributed by atoms with van der Waals surface area (Å²) < 4.78 is 6.01. The van der Waals surface area contributed by atoms with E-state index < -0.39 is 5.60 Å². The fourth-order valence-electron chi connectivity index (χ4n) is 2.58. The summed E-state index contributed by atoms with van der Waals surface area (Å²) in [7, 11) is 0. The van der Waals surface area contributed by atoms with E-state index in [2.05, 4.69) is 31.8 Å². The van der Waals surface area contributed by atoms with E-state index in [0.717, 1.165) is 29.6 Å². The zero-order valence-electron chi connectivity index (χ0n) is 12.6. The lowest BCUT2D eigenvalue weighted by Crippen LogP contribution is -2.49. The van der Waals surface area contributed by atoms with E-state index in [9.17, 15) is 0 Å². The van der Waals surface area contributed by atoms with Crippen molar-refractivity contribution in [2.24, 2.45) is 0 Å². The molecule has 0 spiro atoms. The molecular formula is C15H19N5O. The molecule has 6 heteroatoms. The second kappa shape index (κ2) is 5.37. The fraction of sp³-hybridized carbons (Fsp3) is 0.467. The monoisotopic (exact) mass is 285 g/mol. The summed E-state index contributed by atoms with van der Waals surface area (Å²) >= 11 is 0. The Morgan fingerprint density at radius 1 is 1.24 bits per heavy atom. The van der Waals surface area contributed by atoms with E-state index in [1.54, 1.807) is 12.5 Å². The van der Waals surface area contributed by atoms with Gasteiger partial charge in [-0.15, -0.1) is 0 Å². The molecule has 3 heterocycles. The predicted octanol–water partition coefficient (Wildman–Crippen LogP) is 1.64. The van der Waals surface area contributed by atoms with Gasteiger partial charge in [0.15, 0.2) is 0 Å². The molecule has 2 aromatic heterocycles. The SMILES string of the molecule is Cc1cc(N2CCO[C@](C)(c3ccnc(C)n3)C2)ncn1. The quantitative estimate of drug-likeness (QED) is 0.835. The van der Waals surface area contributed by atoms with Crippen LogP contribution in [0.25, 0.3) is 0 Å². The van der Waals surface area contributed by atoms with Crippen LogP contribution in [0.1, 0.15) is 24.1 Å². The highest BCUT2D eigenvalue weighted by molar-refractivity contribution is 5.40. The van der Waals surface area contributed by atoms with Crippen molar-refractivity contribution < 1.29 is 4.74 Å². The van der Waals surface area contributed by atoms with E-state index in [-0.39, 0.29) is 0 Å². The maximum Gasteiger partial charge on any atom is 0.132 e. The number of rotatable bonds is 2. The molecule has 1 aliphatic heterocycles. The third kappa shape index (κ3) is 2.85. The summed E-state index contributed by atoms with van der Waals surface area (Å²) in [5.41, 5.74) is 1.42. The Bertz CT molecular complexity index is 647. The van der Waals surface area contributed by atoms with E-state index in [1.807, 2.05) is 26.0 Å². The summed E-state index contributed by atoms with van der Waals surface area (Å²) in [6, 6.07) is 3.92. The van der Waals surface area contributed by atoms with Gasteiger partial charge in [-0.2, -0.15) is 0 Å². The molecule has 0 N–H and O–H groups in total. The van der Waals surface area contributed by atoms with Gasteiger partial charge < -0.3 is 9.64 Å². The Hall–Kier alpha value is -2.08. The van der Waals surface area contributed by atoms with Crippen molar-refractivity contribution in [1.29, 1.82) is 0 Å². The molecule has 6 nitrogen and oxygen atoms in total. The number of ether oxygens (including phenoxy) is 1. The van der Waals surface area contributed by atoms with Gasteiger partial charge in [0, 0.05) is 24.5 Å². The van der Waals surface area contributed by atoms with E-state index in [0.29, 0.717) is 13.2 Å². The second-order valence-electron chi connectivity index (χ2n) is 5.51. The second-order valence-corrected chi connectivity index (χ2v) is 5.51. The topological polar surface area (TPSA) is 64.0 Å². The summed E-state index contributed by atoms with van der Waals surface area (Å²) in [5, 5.41) is 0. The number of hydrogen-bond acceptors (Lipinski definition) is 6. The number of morpholine rings is 1. The minimum absolute atomic E-state index is 0.454. The molecule has 21 heavy (non-hydrogen) atoms. The molecule has 0 unspecified atom stereocenters. The Morgan fingerprint density at radius 2 is 2.10 bits per heavy atom. The average molecular weight is 285 g/mol. The molecule has 2 aromatic rings. The Kier molecular flexibility index (Phi) is 3.55. The van der Waals surface area contributed by atoms with Gasteiger partial charge in [-0.3, -0.25) is 0 Å². The van der Waals surface area contributed by atoms with Crippen LogP contribution in [0.2, 0.25) is 0 Å². The maximum atomic E-state index is 6.01. The van der Waals surface area contributed by atoms with Crippen molar-refractivity contribution in [3.05, 3.63) is 41.9 Å². The Labute approximate surface area is 124 Å². The van der Waals surface area contributed by atoms with Gasteiger partial charge in [0.25, 0.3) is 0 Å². The van der Waals surface area contributed by atoms with Crippen molar-refractivity contribution in [2.75, 3.05) is 24.6 Å². The summed E-state index contributed by atoms with van der Waals surface area (Å²) in [6.45, 7) is 8.09. The van der Waals surface area contributed by atoms with Gasteiger partial charge in [0.2, 0.25) is 0 Å². The Morgan fingerprint density at radius 3 is 2.86 bits per heavy atom. The van der Waals surface area contributed by atoms with Crippen LogP contribution >= 0.6 is 0 Å². The van der Waals surface area contributed by atoms with Crippen LogP contribution in [0, 0.1) is 13.8 Å². The lowest BCUT2D eigenvalue weighted by molar-refractivity contribution is -0.0499. The molecule has 3 rings (SSSR count). The molecule has 1 saturated heterocycles. The fourth-order valence-corrected chi connectivity index (χ4v) is 2.58. The Balaban J connectivity index is 1.88. The van der Waals surface area contributed by atoms with Crippen LogP contribution in [0.4, 0.5) is 5.82 Å². The number of nitrogens with zero attached hydrogens (tertiary/aromatic N) is 5. The molecule has 0 radical (unpaired) electrons. The van der Waals surface area contributed by atoms with Gasteiger partial charge in [-0.25, -0.2) is 19.9 Å². The summed E-state index contributed by atoms with van der Waals surface area (Å²) in [6.07, 6.45) is 3.38. The lowest BCUT2D eigenvalue weighted by Gasteiger charge is -2.40. The molecule has 0 aliphatic carbocycles. The standard InChI is InChI=1S/C15H19N5O/c1-11-8-14(18-10-17-11)20-6-7-21-15(3,9-20)13-4-5-16-12(2)19-13/h4-5,8,10H,6-7,9H2,1-3H3/t15-/m0/s1. The van der Waals surface area contributed by atoms with Crippen LogP contribution in [-0.2, 0) is 10.3 Å². The minimum atomic E-state index is -0.454. The first kappa shape index (κ1) is 13.9. The maximum absolute atomic E-state index is 6.01. The van der Waals surface area contributed by atoms with E-state index >= 15 is 0 Å². The van der Waals surface area contributed by atoms with Crippen LogP contribution in [0.3, 0.4) is 0 Å². The van der Waals surface area contributed by atoms with Crippen LogP contribution in [-0.4, -0.2) is 39.6 Å². The average Bonchev–Trinajstić information content (AvgIpc) is 2.47. The summed E-state index contributed by atoms with van der Waals surface area (Å²) in [4.78, 5) is 19.4. The highest BCUT2D eigenvalue weighted by Gasteiger charge is 2.35. The van der Waals surface area contributed by atoms with Crippen molar-refractivity contribution in [3.63, 3.8) is 0 Å². The molecule has 0 saturated carbocycles. The van der Waals surface area contributed by atoms with Crippen molar-refractivity contribution in [3.8, 4) is 0 Å². The first-order valence-corrected chi connectivity index (χ1v) is 7.04. The molecule has 1 aliphatic rings. The van der Waals surface area contributed by atoms with E-state index in [4.69, 9.17) is 4.74 Å². The van der Waals surface area contributed by atoms with Crippen LogP contribution in [0.5, 0.6) is 0 Å². The first-order valence-electron chi connectivity index (χ1n) is 7.04. The number of anilines is 1. The lowest BCUT2D eigenvalue weighted by atomic mass is 9.99. The van der Waals surface area contributed by atoms with Crippen LogP contribution < -0.4 is 4.90 Å². The molecule has 1 fully saturated rings. The third-order valence-electron chi connectivity index (χ3n) is 3.71. The molecule has 0 bridgehead atoms. The number of aryl methyl sites for hydroxylation is 2. The van der Waals surface area contributed by atoms with E-state index in [1.165, 1.54) is 0 Å². The molecular weight excluding hydrogens is 266 g/mol. The first-order chi connectivity index (χ1) is 10.1. The number of hydrogen-bond donors (Lipinski definition) is 0. The third-order valence-corrected chi connectivity index (χ3v) is 3.71. The van der Waals surface area contributed by atoms with Gasteiger partial charge in [0.05, 0.1) is 18.8 Å². The van der Waals surface area contributed by atoms with Crippen molar-refractivity contribution >= 4 is 5.82 Å². The van der Waals surface area contributed by atoms with Gasteiger partial charge in [-0.1, -0.05) is 0 Å². The van der Waals surface area contributed by atoms with Gasteiger partial charge >= 0.3 is 0 Å². The zero-order valence-corrected chi connectivity index (χ0v) is 12.6. The van der Waals surface area contributed by atoms with Crippen molar-refractivity contribution in [1.82, 2.24) is 19.9 Å². The zero-order chi connectivity index (χ0) is 14.9. The van der Waals surface area contributed by atoms with Gasteiger partial charge in [0.1, 0.15) is 23.6 Å². The normalized spacial score (nSPS) is 22.3. The smallest absolute Gasteiger partial charge is 0.132 e. The molecule has 0 amide bonds. The molecule has 110 valence electrons. The molecule has 1 atom stereocenters.